The molecular weight excluding hydrogens is 332 g/mol. The molecule has 1 aromatic heterocycles. The molecule has 138 valence electrons. The van der Waals surface area contributed by atoms with Crippen LogP contribution in [0.15, 0.2) is 24.5 Å². The Morgan fingerprint density at radius 1 is 1.36 bits per heavy atom. The number of carbonyl (C=O) groups excluding carboxylic acids is 2. The average Bonchev–Trinajstić information content (AvgIpc) is 2.89. The monoisotopic (exact) mass is 355 g/mol. The number of aromatic nitrogens is 1. The maximum atomic E-state index is 12.1. The minimum atomic E-state index is -1.29. The Morgan fingerprint density at radius 3 is 2.60 bits per heavy atom. The first kappa shape index (κ1) is 19.4. The molecule has 9 nitrogen and oxygen atoms in total. The number of pyridine rings is 1. The predicted octanol–water partition coefficient (Wildman–Crippen LogP) is -1.75. The number of aliphatic hydroxyl groups is 3. The second-order valence-corrected chi connectivity index (χ2v) is 6.25. The van der Waals surface area contributed by atoms with Gasteiger partial charge in [-0.2, -0.15) is 4.57 Å². The van der Waals surface area contributed by atoms with Crippen LogP contribution in [0.5, 0.6) is 0 Å². The summed E-state index contributed by atoms with van der Waals surface area (Å²) >= 11 is 0. The summed E-state index contributed by atoms with van der Waals surface area (Å²) in [6, 6.07) is 2.01. The second-order valence-electron chi connectivity index (χ2n) is 6.25. The molecular formula is C16H23N2O7+. The van der Waals surface area contributed by atoms with E-state index in [-0.39, 0.29) is 11.5 Å². The third kappa shape index (κ3) is 4.20. The Bertz CT molecular complexity index is 637. The van der Waals surface area contributed by atoms with E-state index in [0.29, 0.717) is 0 Å². The number of nitrogens with zero attached hydrogens (tertiary/aromatic N) is 1. The largest absolute Gasteiger partial charge is 0.394 e. The zero-order valence-electron chi connectivity index (χ0n) is 14.0. The summed E-state index contributed by atoms with van der Waals surface area (Å²) in [5.41, 5.74) is 5.69. The van der Waals surface area contributed by atoms with E-state index in [0.717, 1.165) is 0 Å². The Balaban J connectivity index is 2.14. The standard InChI is InChI=1S/C16H23N2O7/c1-8(2)11(17)16(23)25-15(22)9-4-3-5-18(6-9)14-13(21)12(20)10(7-19)24-14/h3-6,8,10-14,19-21H,7,17H2,1-2H3/q+1/t10-,11+,12-,13-,14-/m1/s1. The van der Waals surface area contributed by atoms with Crippen molar-refractivity contribution in [2.24, 2.45) is 11.7 Å². The van der Waals surface area contributed by atoms with Gasteiger partial charge in [-0.1, -0.05) is 13.8 Å². The van der Waals surface area contributed by atoms with Gasteiger partial charge in [0, 0.05) is 6.07 Å². The topological polar surface area (TPSA) is 143 Å². The molecule has 0 aromatic carbocycles. The van der Waals surface area contributed by atoms with E-state index in [1.165, 1.54) is 29.1 Å². The molecule has 2 heterocycles. The van der Waals surface area contributed by atoms with E-state index < -0.39 is 49.1 Å². The highest BCUT2D eigenvalue weighted by molar-refractivity contribution is 5.97. The molecule has 9 heteroatoms. The Labute approximate surface area is 144 Å². The lowest BCUT2D eigenvalue weighted by Gasteiger charge is -2.13. The number of carbonyl (C=O) groups is 2. The van der Waals surface area contributed by atoms with Gasteiger partial charge in [0.15, 0.2) is 18.5 Å². The van der Waals surface area contributed by atoms with Crippen LogP contribution in [0.2, 0.25) is 0 Å². The van der Waals surface area contributed by atoms with Crippen LogP contribution in [0.25, 0.3) is 0 Å². The van der Waals surface area contributed by atoms with Crippen molar-refractivity contribution in [1.29, 1.82) is 0 Å². The van der Waals surface area contributed by atoms with Gasteiger partial charge in [-0.3, -0.25) is 0 Å². The van der Waals surface area contributed by atoms with Gasteiger partial charge in [0.2, 0.25) is 0 Å². The molecule has 0 saturated carbocycles. The van der Waals surface area contributed by atoms with Crippen molar-refractivity contribution in [3.8, 4) is 0 Å². The number of rotatable bonds is 5. The lowest BCUT2D eigenvalue weighted by atomic mass is 10.1. The SMILES string of the molecule is CC(C)[C@H](N)C(=O)OC(=O)c1ccc[n+]([C@@H]2O[C@H](CO)[C@@H](O)[C@H]2O)c1. The number of esters is 2. The first-order valence-corrected chi connectivity index (χ1v) is 7.91. The molecule has 1 aliphatic rings. The zero-order valence-corrected chi connectivity index (χ0v) is 14.0. The molecule has 0 unspecified atom stereocenters. The summed E-state index contributed by atoms with van der Waals surface area (Å²) in [5, 5.41) is 29.0. The van der Waals surface area contributed by atoms with Crippen LogP contribution in [0.1, 0.15) is 30.4 Å². The Morgan fingerprint density at radius 2 is 2.04 bits per heavy atom. The zero-order chi connectivity index (χ0) is 18.7. The fraction of sp³-hybridized carbons (Fsp3) is 0.562. The predicted molar refractivity (Wildman–Crippen MR) is 82.9 cm³/mol. The van der Waals surface area contributed by atoms with E-state index in [1.54, 1.807) is 13.8 Å². The third-order valence-electron chi connectivity index (χ3n) is 4.05. The first-order chi connectivity index (χ1) is 11.8. The van der Waals surface area contributed by atoms with E-state index >= 15 is 0 Å². The molecule has 1 fully saturated rings. The van der Waals surface area contributed by atoms with Gasteiger partial charge in [-0.25, -0.2) is 9.59 Å². The molecule has 2 rings (SSSR count). The van der Waals surface area contributed by atoms with E-state index in [4.69, 9.17) is 20.3 Å². The Hall–Kier alpha value is -1.91. The lowest BCUT2D eigenvalue weighted by molar-refractivity contribution is -0.765. The third-order valence-corrected chi connectivity index (χ3v) is 4.05. The van der Waals surface area contributed by atoms with Crippen molar-refractivity contribution in [3.05, 3.63) is 30.1 Å². The van der Waals surface area contributed by atoms with Crippen LogP contribution < -0.4 is 10.3 Å². The maximum Gasteiger partial charge on any atom is 0.351 e. The van der Waals surface area contributed by atoms with Crippen LogP contribution in [0.4, 0.5) is 0 Å². The van der Waals surface area contributed by atoms with Gasteiger partial charge in [0.25, 0.3) is 6.23 Å². The molecule has 0 aliphatic carbocycles. The second kappa shape index (κ2) is 7.98. The summed E-state index contributed by atoms with van der Waals surface area (Å²) in [7, 11) is 0. The number of ether oxygens (including phenoxy) is 2. The average molecular weight is 355 g/mol. The highest BCUT2D eigenvalue weighted by Crippen LogP contribution is 2.25. The minimum Gasteiger partial charge on any atom is -0.394 e. The van der Waals surface area contributed by atoms with Gasteiger partial charge in [-0.15, -0.1) is 0 Å². The number of aliphatic hydroxyl groups excluding tert-OH is 3. The molecule has 5 atom stereocenters. The van der Waals surface area contributed by atoms with Gasteiger partial charge < -0.3 is 30.5 Å². The van der Waals surface area contributed by atoms with Crippen molar-refractivity contribution >= 4 is 11.9 Å². The van der Waals surface area contributed by atoms with E-state index in [1.807, 2.05) is 0 Å². The van der Waals surface area contributed by atoms with Crippen LogP contribution in [-0.4, -0.2) is 58.2 Å². The molecule has 5 N–H and O–H groups in total. The Kier molecular flexibility index (Phi) is 6.20. The molecule has 25 heavy (non-hydrogen) atoms. The van der Waals surface area contributed by atoms with E-state index in [2.05, 4.69) is 0 Å². The van der Waals surface area contributed by atoms with Crippen molar-refractivity contribution < 1.29 is 38.9 Å². The van der Waals surface area contributed by atoms with Gasteiger partial charge in [-0.05, 0) is 12.0 Å². The molecule has 1 aliphatic heterocycles. The molecule has 1 saturated heterocycles. The molecule has 0 bridgehead atoms. The molecule has 0 spiro atoms. The van der Waals surface area contributed by atoms with Crippen LogP contribution in [0, 0.1) is 5.92 Å². The summed E-state index contributed by atoms with van der Waals surface area (Å²) in [5.74, 6) is -1.90. The van der Waals surface area contributed by atoms with Crippen molar-refractivity contribution in [1.82, 2.24) is 0 Å². The van der Waals surface area contributed by atoms with Gasteiger partial charge in [0.1, 0.15) is 23.8 Å². The highest BCUT2D eigenvalue weighted by atomic mass is 16.6. The first-order valence-electron chi connectivity index (χ1n) is 7.91. The maximum absolute atomic E-state index is 12.1. The van der Waals surface area contributed by atoms with Gasteiger partial charge >= 0.3 is 11.9 Å². The lowest BCUT2D eigenvalue weighted by Crippen LogP contribution is -2.46. The molecule has 0 amide bonds. The van der Waals surface area contributed by atoms with Crippen LogP contribution >= 0.6 is 0 Å². The normalized spacial score (nSPS) is 27.3. The highest BCUT2D eigenvalue weighted by Gasteiger charge is 2.48. The fourth-order valence-electron chi connectivity index (χ4n) is 2.39. The van der Waals surface area contributed by atoms with Crippen LogP contribution in [0.3, 0.4) is 0 Å². The van der Waals surface area contributed by atoms with Crippen LogP contribution in [-0.2, 0) is 14.3 Å². The van der Waals surface area contributed by atoms with Crippen molar-refractivity contribution in [2.75, 3.05) is 6.61 Å². The number of hydrogen-bond acceptors (Lipinski definition) is 8. The molecule has 1 aromatic rings. The quantitative estimate of drug-likeness (QED) is 0.277. The van der Waals surface area contributed by atoms with E-state index in [9.17, 15) is 19.8 Å². The molecule has 0 radical (unpaired) electrons. The minimum absolute atomic E-state index is 0.0459. The smallest absolute Gasteiger partial charge is 0.351 e. The summed E-state index contributed by atoms with van der Waals surface area (Å²) in [4.78, 5) is 23.9. The fourth-order valence-corrected chi connectivity index (χ4v) is 2.39. The summed E-state index contributed by atoms with van der Waals surface area (Å²) < 4.78 is 11.5. The van der Waals surface area contributed by atoms with Crippen molar-refractivity contribution in [3.63, 3.8) is 0 Å². The summed E-state index contributed by atoms with van der Waals surface area (Å²) in [6.07, 6.45) is -1.65. The number of nitrogens with two attached hydrogens (primary N) is 1. The number of hydrogen-bond donors (Lipinski definition) is 4. The van der Waals surface area contributed by atoms with Gasteiger partial charge in [0.05, 0.1) is 6.61 Å². The van der Waals surface area contributed by atoms with Crippen molar-refractivity contribution in [2.45, 2.75) is 44.4 Å². The summed E-state index contributed by atoms with van der Waals surface area (Å²) in [6.45, 7) is 3.00.